The van der Waals surface area contributed by atoms with Crippen molar-refractivity contribution in [2.45, 2.75) is 58.0 Å². The molecule has 1 N–H and O–H groups in total. The van der Waals surface area contributed by atoms with Gasteiger partial charge in [-0.15, -0.1) is 0 Å². The second-order valence-electron chi connectivity index (χ2n) is 6.35. The molecule has 1 heterocycles. The molecule has 20 heavy (non-hydrogen) atoms. The van der Waals surface area contributed by atoms with E-state index in [4.69, 9.17) is 0 Å². The minimum Gasteiger partial charge on any atom is -0.480 e. The molecule has 1 atom stereocenters. The van der Waals surface area contributed by atoms with E-state index in [2.05, 4.69) is 43.0 Å². The van der Waals surface area contributed by atoms with Crippen LogP contribution in [0.2, 0.25) is 0 Å². The minimum absolute atomic E-state index is 0.531. The van der Waals surface area contributed by atoms with Crippen LogP contribution >= 0.6 is 0 Å². The molecule has 0 radical (unpaired) electrons. The van der Waals surface area contributed by atoms with Gasteiger partial charge in [-0.1, -0.05) is 38.1 Å². The van der Waals surface area contributed by atoms with Crippen LogP contribution in [0.1, 0.15) is 57.1 Å². The lowest BCUT2D eigenvalue weighted by Crippen LogP contribution is -2.54. The molecule has 1 aliphatic rings. The lowest BCUT2D eigenvalue weighted by atomic mass is 9.88. The lowest BCUT2D eigenvalue weighted by Gasteiger charge is -2.41. The molecule has 1 aromatic rings. The molecule has 0 amide bonds. The maximum absolute atomic E-state index is 11.6. The van der Waals surface area contributed by atoms with Crippen LogP contribution in [0.4, 0.5) is 0 Å². The largest absolute Gasteiger partial charge is 0.480 e. The van der Waals surface area contributed by atoms with E-state index in [1.807, 2.05) is 6.92 Å². The molecule has 1 aromatic carbocycles. The molecule has 110 valence electrons. The van der Waals surface area contributed by atoms with Crippen LogP contribution in [0.3, 0.4) is 0 Å². The zero-order valence-corrected chi connectivity index (χ0v) is 12.7. The minimum atomic E-state index is -0.713. The number of piperidine rings is 1. The summed E-state index contributed by atoms with van der Waals surface area (Å²) >= 11 is 0. The number of carboxylic acids is 1. The number of nitrogens with zero attached hydrogens (tertiary/aromatic N) is 1. The Kier molecular flexibility index (Phi) is 4.48. The number of hydrogen-bond acceptors (Lipinski definition) is 2. The number of benzene rings is 1. The number of carbonyl (C=O) groups is 1. The van der Waals surface area contributed by atoms with Crippen molar-refractivity contribution in [3.8, 4) is 0 Å². The third kappa shape index (κ3) is 3.04. The van der Waals surface area contributed by atoms with Crippen LogP contribution in [0, 0.1) is 0 Å². The number of rotatable bonds is 4. The molecule has 1 aliphatic heterocycles. The predicted molar refractivity (Wildman–Crippen MR) is 80.8 cm³/mol. The number of aliphatic carboxylic acids is 1. The van der Waals surface area contributed by atoms with Crippen molar-refractivity contribution in [2.75, 3.05) is 6.54 Å². The molecule has 1 fully saturated rings. The number of likely N-dealkylation sites (tertiary alicyclic amines) is 1. The first-order valence-corrected chi connectivity index (χ1v) is 7.51. The van der Waals surface area contributed by atoms with E-state index in [0.29, 0.717) is 5.92 Å². The van der Waals surface area contributed by atoms with Gasteiger partial charge in [0.2, 0.25) is 0 Å². The summed E-state index contributed by atoms with van der Waals surface area (Å²) in [6.07, 6.45) is 2.84. The van der Waals surface area contributed by atoms with Crippen LogP contribution in [-0.2, 0) is 11.3 Å². The number of hydrogen-bond donors (Lipinski definition) is 1. The summed E-state index contributed by atoms with van der Waals surface area (Å²) in [6, 6.07) is 8.57. The van der Waals surface area contributed by atoms with Crippen LogP contribution < -0.4 is 0 Å². The van der Waals surface area contributed by atoms with E-state index >= 15 is 0 Å². The Morgan fingerprint density at radius 2 is 1.95 bits per heavy atom. The zero-order chi connectivity index (χ0) is 14.8. The molecule has 0 saturated carbocycles. The van der Waals surface area contributed by atoms with Gasteiger partial charge in [-0.25, -0.2) is 0 Å². The van der Waals surface area contributed by atoms with Crippen molar-refractivity contribution < 1.29 is 9.90 Å². The maximum Gasteiger partial charge on any atom is 0.323 e. The van der Waals surface area contributed by atoms with Gasteiger partial charge in [0, 0.05) is 6.54 Å². The van der Waals surface area contributed by atoms with Crippen molar-refractivity contribution in [3.05, 3.63) is 35.4 Å². The van der Waals surface area contributed by atoms with E-state index in [1.54, 1.807) is 0 Å². The molecule has 0 aliphatic carbocycles. The van der Waals surface area contributed by atoms with Gasteiger partial charge in [0.25, 0.3) is 0 Å². The predicted octanol–water partition coefficient (Wildman–Crippen LogP) is 3.64. The van der Waals surface area contributed by atoms with Gasteiger partial charge in [-0.2, -0.15) is 0 Å². The second-order valence-corrected chi connectivity index (χ2v) is 6.35. The summed E-state index contributed by atoms with van der Waals surface area (Å²) in [4.78, 5) is 13.7. The van der Waals surface area contributed by atoms with E-state index < -0.39 is 11.5 Å². The third-order valence-corrected chi connectivity index (χ3v) is 4.52. The normalized spacial score (nSPS) is 24.0. The molecular formula is C17H25NO2. The van der Waals surface area contributed by atoms with Crippen LogP contribution in [0.25, 0.3) is 0 Å². The smallest absolute Gasteiger partial charge is 0.323 e. The Morgan fingerprint density at radius 1 is 1.30 bits per heavy atom. The van der Waals surface area contributed by atoms with Gasteiger partial charge in [-0.3, -0.25) is 9.69 Å². The highest BCUT2D eigenvalue weighted by Crippen LogP contribution is 2.30. The molecule has 1 unspecified atom stereocenters. The topological polar surface area (TPSA) is 40.5 Å². The summed E-state index contributed by atoms with van der Waals surface area (Å²) in [6.45, 7) is 7.81. The quantitative estimate of drug-likeness (QED) is 0.912. The Morgan fingerprint density at radius 3 is 2.50 bits per heavy atom. The molecule has 0 bridgehead atoms. The highest BCUT2D eigenvalue weighted by Gasteiger charge is 2.41. The van der Waals surface area contributed by atoms with Crippen molar-refractivity contribution >= 4 is 5.97 Å². The average molecular weight is 275 g/mol. The molecule has 2 rings (SSSR count). The van der Waals surface area contributed by atoms with E-state index in [-0.39, 0.29) is 0 Å². The Labute approximate surface area is 121 Å². The fourth-order valence-corrected chi connectivity index (χ4v) is 2.90. The Balaban J connectivity index is 2.13. The van der Waals surface area contributed by atoms with Crippen LogP contribution in [0.5, 0.6) is 0 Å². The van der Waals surface area contributed by atoms with E-state index in [1.165, 1.54) is 11.1 Å². The van der Waals surface area contributed by atoms with E-state index in [9.17, 15) is 9.90 Å². The first-order chi connectivity index (χ1) is 9.43. The average Bonchev–Trinajstić information content (AvgIpc) is 2.42. The molecule has 0 spiro atoms. The Hall–Kier alpha value is -1.35. The first-order valence-electron chi connectivity index (χ1n) is 7.51. The molecular weight excluding hydrogens is 250 g/mol. The standard InChI is InChI=1S/C17H25NO2/c1-13(2)15-8-6-14(7-9-15)12-18-11-5-4-10-17(18,3)16(19)20/h6-9,13H,4-5,10-12H2,1-3H3,(H,19,20). The van der Waals surface area contributed by atoms with Gasteiger partial charge in [-0.05, 0) is 49.8 Å². The van der Waals surface area contributed by atoms with Gasteiger partial charge >= 0.3 is 5.97 Å². The zero-order valence-electron chi connectivity index (χ0n) is 12.7. The SMILES string of the molecule is CC(C)c1ccc(CN2CCCCC2(C)C(=O)O)cc1. The van der Waals surface area contributed by atoms with Gasteiger partial charge in [0.1, 0.15) is 5.54 Å². The van der Waals surface area contributed by atoms with Gasteiger partial charge in [0.15, 0.2) is 0 Å². The molecule has 3 nitrogen and oxygen atoms in total. The van der Waals surface area contributed by atoms with Crippen molar-refractivity contribution in [1.82, 2.24) is 4.90 Å². The summed E-state index contributed by atoms with van der Waals surface area (Å²) in [5.41, 5.74) is 1.81. The molecule has 3 heteroatoms. The lowest BCUT2D eigenvalue weighted by molar-refractivity contribution is -0.153. The van der Waals surface area contributed by atoms with E-state index in [0.717, 1.165) is 32.4 Å². The second kappa shape index (κ2) is 5.96. The third-order valence-electron chi connectivity index (χ3n) is 4.52. The summed E-state index contributed by atoms with van der Waals surface area (Å²) in [7, 11) is 0. The highest BCUT2D eigenvalue weighted by molar-refractivity contribution is 5.78. The van der Waals surface area contributed by atoms with Crippen LogP contribution in [0.15, 0.2) is 24.3 Å². The van der Waals surface area contributed by atoms with Crippen LogP contribution in [-0.4, -0.2) is 28.1 Å². The highest BCUT2D eigenvalue weighted by atomic mass is 16.4. The molecule has 0 aromatic heterocycles. The van der Waals surface area contributed by atoms with Crippen molar-refractivity contribution in [3.63, 3.8) is 0 Å². The summed E-state index contributed by atoms with van der Waals surface area (Å²) in [5.74, 6) is -0.167. The van der Waals surface area contributed by atoms with Gasteiger partial charge in [0.05, 0.1) is 0 Å². The maximum atomic E-state index is 11.6. The number of carboxylic acid groups (broad SMARTS) is 1. The van der Waals surface area contributed by atoms with Crippen molar-refractivity contribution in [2.24, 2.45) is 0 Å². The Bertz CT molecular complexity index is 466. The first kappa shape index (κ1) is 15.0. The molecule has 1 saturated heterocycles. The summed E-state index contributed by atoms with van der Waals surface area (Å²) in [5, 5.41) is 9.52. The van der Waals surface area contributed by atoms with Crippen molar-refractivity contribution in [1.29, 1.82) is 0 Å². The monoisotopic (exact) mass is 275 g/mol. The summed E-state index contributed by atoms with van der Waals surface area (Å²) < 4.78 is 0. The fourth-order valence-electron chi connectivity index (χ4n) is 2.90. The fraction of sp³-hybridized carbons (Fsp3) is 0.588. The van der Waals surface area contributed by atoms with Gasteiger partial charge < -0.3 is 5.11 Å².